The van der Waals surface area contributed by atoms with Crippen LogP contribution in [0.25, 0.3) is 0 Å². The highest BCUT2D eigenvalue weighted by Crippen LogP contribution is 2.28. The molecule has 1 aromatic rings. The normalized spacial score (nSPS) is 21.8. The minimum absolute atomic E-state index is 0.576. The van der Waals surface area contributed by atoms with Crippen molar-refractivity contribution in [3.8, 4) is 11.8 Å². The van der Waals surface area contributed by atoms with Crippen molar-refractivity contribution in [2.45, 2.75) is 31.7 Å². The molecule has 0 atom stereocenters. The van der Waals surface area contributed by atoms with Gasteiger partial charge in [0.05, 0.1) is 6.54 Å². The van der Waals surface area contributed by atoms with Gasteiger partial charge in [0.1, 0.15) is 5.82 Å². The predicted molar refractivity (Wildman–Crippen MR) is 92.4 cm³/mol. The van der Waals surface area contributed by atoms with E-state index in [4.69, 9.17) is 0 Å². The molecule has 0 aromatic carbocycles. The lowest BCUT2D eigenvalue weighted by Gasteiger charge is -2.34. The average Bonchev–Trinajstić information content (AvgIpc) is 2.48. The van der Waals surface area contributed by atoms with Gasteiger partial charge in [-0.3, -0.25) is 4.90 Å². The van der Waals surface area contributed by atoms with Crippen molar-refractivity contribution in [2.75, 3.05) is 32.6 Å². The molecule has 0 bridgehead atoms. The molecule has 21 heavy (non-hydrogen) atoms. The Balaban J connectivity index is 1.85. The summed E-state index contributed by atoms with van der Waals surface area (Å²) in [6, 6.07) is 4.72. The van der Waals surface area contributed by atoms with Crippen LogP contribution in [0.5, 0.6) is 0 Å². The highest BCUT2D eigenvalue weighted by Gasteiger charge is 2.23. The third-order valence-electron chi connectivity index (χ3n) is 4.02. The lowest BCUT2D eigenvalue weighted by Crippen LogP contribution is -2.35. The maximum atomic E-state index is 4.49. The van der Waals surface area contributed by atoms with Crippen LogP contribution in [0.4, 0.5) is 5.82 Å². The Morgan fingerprint density at radius 2 is 1.90 bits per heavy atom. The number of pyridine rings is 1. The number of hydrogen-bond acceptors (Lipinski definition) is 3. The number of hydrogen-bond donors (Lipinski definition) is 0. The van der Waals surface area contributed by atoms with Crippen LogP contribution < -0.4 is 4.90 Å². The molecule has 0 amide bonds. The third-order valence-corrected chi connectivity index (χ3v) is 4.49. The van der Waals surface area contributed by atoms with Crippen LogP contribution in [0.2, 0.25) is 0 Å². The molecule has 0 spiro atoms. The van der Waals surface area contributed by atoms with Crippen molar-refractivity contribution >= 4 is 21.7 Å². The first-order valence-electron chi connectivity index (χ1n) is 7.54. The van der Waals surface area contributed by atoms with Crippen molar-refractivity contribution in [3.05, 3.63) is 22.8 Å². The lowest BCUT2D eigenvalue weighted by molar-refractivity contribution is 0.373. The Labute approximate surface area is 136 Å². The molecule has 0 saturated heterocycles. The van der Waals surface area contributed by atoms with Gasteiger partial charge in [-0.25, -0.2) is 4.98 Å². The largest absolute Gasteiger partial charge is 0.357 e. The maximum absolute atomic E-state index is 4.49. The van der Waals surface area contributed by atoms with E-state index in [0.717, 1.165) is 16.8 Å². The molecule has 1 aromatic heterocycles. The summed E-state index contributed by atoms with van der Waals surface area (Å²) in [5, 5.41) is 0. The van der Waals surface area contributed by atoms with Crippen molar-refractivity contribution in [2.24, 2.45) is 5.92 Å². The fraction of sp³-hybridized carbons (Fsp3) is 0.588. The summed E-state index contributed by atoms with van der Waals surface area (Å²) in [6.07, 6.45) is 6.67. The zero-order valence-electron chi connectivity index (χ0n) is 13.1. The average molecular weight is 350 g/mol. The fourth-order valence-corrected chi connectivity index (χ4v) is 2.95. The van der Waals surface area contributed by atoms with E-state index in [2.05, 4.69) is 75.8 Å². The molecule has 1 aliphatic rings. The van der Waals surface area contributed by atoms with Gasteiger partial charge < -0.3 is 4.90 Å². The van der Waals surface area contributed by atoms with Crippen molar-refractivity contribution in [3.63, 3.8) is 0 Å². The number of anilines is 1. The van der Waals surface area contributed by atoms with E-state index in [0.29, 0.717) is 12.0 Å². The summed E-state index contributed by atoms with van der Waals surface area (Å²) in [4.78, 5) is 8.92. The summed E-state index contributed by atoms with van der Waals surface area (Å²) in [6.45, 7) is 0.864. The zero-order valence-corrected chi connectivity index (χ0v) is 14.7. The fourth-order valence-electron chi connectivity index (χ4n) is 2.72. The van der Waals surface area contributed by atoms with Gasteiger partial charge in [-0.2, -0.15) is 0 Å². The van der Waals surface area contributed by atoms with Crippen LogP contribution in [0.1, 0.15) is 25.7 Å². The van der Waals surface area contributed by atoms with Crippen molar-refractivity contribution in [1.29, 1.82) is 0 Å². The Hall–Kier alpha value is -1.05. The summed E-state index contributed by atoms with van der Waals surface area (Å²) in [5.41, 5.74) is 0. The summed E-state index contributed by atoms with van der Waals surface area (Å²) in [7, 11) is 6.27. The minimum atomic E-state index is 0.576. The van der Waals surface area contributed by atoms with Crippen LogP contribution in [0, 0.1) is 17.8 Å². The number of rotatable bonds is 3. The highest BCUT2D eigenvalue weighted by molar-refractivity contribution is 9.10. The highest BCUT2D eigenvalue weighted by atomic mass is 79.9. The summed E-state index contributed by atoms with van der Waals surface area (Å²) < 4.78 is 1.03. The molecule has 0 radical (unpaired) electrons. The monoisotopic (exact) mass is 349 g/mol. The van der Waals surface area contributed by atoms with E-state index in [1.165, 1.54) is 25.7 Å². The van der Waals surface area contributed by atoms with E-state index >= 15 is 0 Å². The smallest absolute Gasteiger partial charge is 0.128 e. The Kier molecular flexibility index (Phi) is 6.08. The Bertz CT molecular complexity index is 493. The first-order valence-corrected chi connectivity index (χ1v) is 8.33. The molecule has 114 valence electrons. The van der Waals surface area contributed by atoms with Crippen LogP contribution in [-0.2, 0) is 0 Å². The first-order chi connectivity index (χ1) is 10.1. The van der Waals surface area contributed by atoms with Crippen LogP contribution >= 0.6 is 15.9 Å². The van der Waals surface area contributed by atoms with Gasteiger partial charge in [0, 0.05) is 29.7 Å². The van der Waals surface area contributed by atoms with Gasteiger partial charge in [0.15, 0.2) is 0 Å². The molecule has 1 aliphatic carbocycles. The molecule has 1 saturated carbocycles. The van der Waals surface area contributed by atoms with Crippen LogP contribution in [0.15, 0.2) is 22.8 Å². The molecular formula is C17H24BrN3. The molecule has 1 fully saturated rings. The lowest BCUT2D eigenvalue weighted by atomic mass is 9.86. The predicted octanol–water partition coefficient (Wildman–Crippen LogP) is 3.40. The van der Waals surface area contributed by atoms with Gasteiger partial charge in [0.2, 0.25) is 0 Å². The van der Waals surface area contributed by atoms with Crippen LogP contribution in [0.3, 0.4) is 0 Å². The molecule has 0 aliphatic heterocycles. The van der Waals surface area contributed by atoms with Gasteiger partial charge >= 0.3 is 0 Å². The molecular weight excluding hydrogens is 326 g/mol. The van der Waals surface area contributed by atoms with Crippen molar-refractivity contribution in [1.82, 2.24) is 9.88 Å². The van der Waals surface area contributed by atoms with Gasteiger partial charge in [-0.15, -0.1) is 0 Å². The summed E-state index contributed by atoms with van der Waals surface area (Å²) >= 11 is 3.43. The number of nitrogens with zero attached hydrogens (tertiary/aromatic N) is 3. The Morgan fingerprint density at radius 3 is 2.48 bits per heavy atom. The van der Waals surface area contributed by atoms with Gasteiger partial charge in [-0.1, -0.05) is 11.8 Å². The van der Waals surface area contributed by atoms with E-state index in [1.54, 1.807) is 0 Å². The van der Waals surface area contributed by atoms with Crippen molar-refractivity contribution < 1.29 is 0 Å². The molecule has 3 nitrogen and oxygen atoms in total. The third kappa shape index (κ3) is 5.01. The van der Waals surface area contributed by atoms with Crippen LogP contribution in [-0.4, -0.2) is 43.6 Å². The number of aromatic nitrogens is 1. The van der Waals surface area contributed by atoms with Gasteiger partial charge in [0.25, 0.3) is 0 Å². The topological polar surface area (TPSA) is 19.4 Å². The first kappa shape index (κ1) is 16.3. The standard InChI is InChI=1S/C17H24BrN3/c1-20(2)12-4-5-14-6-9-16(10-7-14)21(3)17-11-8-15(18)13-19-17/h8,11,13-14,16H,6-7,9-10,12H2,1-3H3/t14-,16-. The molecule has 2 rings (SSSR count). The second-order valence-corrected chi connectivity index (χ2v) is 6.93. The van der Waals surface area contributed by atoms with Gasteiger partial charge in [-0.05, 0) is 67.8 Å². The van der Waals surface area contributed by atoms with E-state index in [-0.39, 0.29) is 0 Å². The minimum Gasteiger partial charge on any atom is -0.357 e. The Morgan fingerprint density at radius 1 is 1.19 bits per heavy atom. The second kappa shape index (κ2) is 7.82. The zero-order chi connectivity index (χ0) is 15.2. The molecule has 4 heteroatoms. The molecule has 1 heterocycles. The molecule has 0 N–H and O–H groups in total. The van der Waals surface area contributed by atoms with E-state index < -0.39 is 0 Å². The maximum Gasteiger partial charge on any atom is 0.128 e. The number of halogens is 1. The van der Waals surface area contributed by atoms with E-state index in [1.807, 2.05) is 6.20 Å². The quantitative estimate of drug-likeness (QED) is 0.779. The second-order valence-electron chi connectivity index (χ2n) is 6.01. The van der Waals surface area contributed by atoms with E-state index in [9.17, 15) is 0 Å². The molecule has 0 unspecified atom stereocenters. The summed E-state index contributed by atoms with van der Waals surface area (Å²) in [5.74, 6) is 8.34. The SMILES string of the molecule is CN(C)CC#C[C@H]1CC[C@H](N(C)c2ccc(Br)cn2)CC1.